The van der Waals surface area contributed by atoms with Crippen molar-refractivity contribution in [1.29, 1.82) is 0 Å². The molecule has 0 saturated carbocycles. The quantitative estimate of drug-likeness (QED) is 0.289. The fourth-order valence-corrected chi connectivity index (χ4v) is 4.84. The summed E-state index contributed by atoms with van der Waals surface area (Å²) in [5.74, 6) is 0. The Balaban J connectivity index is 0.000000541. The van der Waals surface area contributed by atoms with Gasteiger partial charge >= 0.3 is 11.0 Å². The SMILES string of the molecule is CCCCC[N+]1(CCC)CCCCC1.O=S(=O)([N-]S(=O)(=O)C(F)(F)F)C(F)(F)F. The van der Waals surface area contributed by atoms with Gasteiger partial charge in [-0.25, -0.2) is 16.8 Å². The van der Waals surface area contributed by atoms with E-state index in [2.05, 4.69) is 13.8 Å². The Hall–Kier alpha value is -0.600. The van der Waals surface area contributed by atoms with Crippen LogP contribution in [0, 0.1) is 0 Å². The van der Waals surface area contributed by atoms with Crippen molar-refractivity contribution in [2.45, 2.75) is 69.8 Å². The van der Waals surface area contributed by atoms with Gasteiger partial charge in [0.25, 0.3) is 0 Å². The van der Waals surface area contributed by atoms with Crippen LogP contribution in [0.25, 0.3) is 4.13 Å². The molecule has 1 aliphatic heterocycles. The second-order valence-corrected chi connectivity index (χ2v) is 10.3. The van der Waals surface area contributed by atoms with Crippen molar-refractivity contribution in [2.75, 3.05) is 26.2 Å². The van der Waals surface area contributed by atoms with Crippen LogP contribution in [0.1, 0.15) is 58.8 Å². The van der Waals surface area contributed by atoms with Gasteiger partial charge in [0.2, 0.25) is 0 Å². The van der Waals surface area contributed by atoms with Crippen molar-refractivity contribution in [3.63, 3.8) is 0 Å². The molecule has 0 amide bonds. The van der Waals surface area contributed by atoms with Crippen molar-refractivity contribution < 1.29 is 47.7 Å². The summed E-state index contributed by atoms with van der Waals surface area (Å²) in [6.45, 7) is 10.5. The number of piperidine rings is 1. The summed E-state index contributed by atoms with van der Waals surface area (Å²) in [5.41, 5.74) is -12.4. The van der Waals surface area contributed by atoms with Gasteiger partial charge in [-0.15, -0.1) is 0 Å². The summed E-state index contributed by atoms with van der Waals surface area (Å²) in [4.78, 5) is 0. The number of quaternary nitrogens is 1. The van der Waals surface area contributed by atoms with E-state index >= 15 is 0 Å². The number of hydrogen-bond donors (Lipinski definition) is 0. The first kappa shape index (κ1) is 28.4. The molecule has 0 aromatic rings. The summed E-state index contributed by atoms with van der Waals surface area (Å²) in [7, 11) is -13.4. The molecule has 0 aromatic carbocycles. The van der Waals surface area contributed by atoms with Crippen LogP contribution >= 0.6 is 0 Å². The lowest BCUT2D eigenvalue weighted by atomic mass is 10.1. The highest BCUT2D eigenvalue weighted by atomic mass is 32.3. The van der Waals surface area contributed by atoms with Gasteiger partial charge < -0.3 is 8.61 Å². The molecular formula is C15H28F6N2O4S2. The number of unbranched alkanes of at least 4 members (excludes halogenated alkanes) is 2. The van der Waals surface area contributed by atoms with E-state index in [1.54, 1.807) is 0 Å². The first-order valence-electron chi connectivity index (χ1n) is 9.25. The van der Waals surface area contributed by atoms with Crippen LogP contribution in [-0.2, 0) is 20.0 Å². The maximum atomic E-state index is 11.4. The van der Waals surface area contributed by atoms with E-state index in [-0.39, 0.29) is 0 Å². The number of nitrogens with zero attached hydrogens (tertiary/aromatic N) is 2. The zero-order valence-electron chi connectivity index (χ0n) is 16.4. The Morgan fingerprint density at radius 2 is 1.17 bits per heavy atom. The molecule has 0 bridgehead atoms. The van der Waals surface area contributed by atoms with Crippen molar-refractivity contribution >= 4 is 20.0 Å². The summed E-state index contributed by atoms with van der Waals surface area (Å²) >= 11 is 0. The van der Waals surface area contributed by atoms with E-state index in [0.29, 0.717) is 0 Å². The highest BCUT2D eigenvalue weighted by molar-refractivity contribution is 8.13. The molecule has 1 heterocycles. The van der Waals surface area contributed by atoms with Gasteiger partial charge in [0, 0.05) is 0 Å². The maximum Gasteiger partial charge on any atom is 0.480 e. The van der Waals surface area contributed by atoms with Gasteiger partial charge in [-0.3, -0.25) is 0 Å². The normalized spacial score (nSPS) is 18.1. The molecule has 1 saturated heterocycles. The van der Waals surface area contributed by atoms with E-state index in [0.717, 1.165) is 4.13 Å². The van der Waals surface area contributed by atoms with Crippen LogP contribution in [0.15, 0.2) is 0 Å². The molecule has 1 rings (SSSR count). The van der Waals surface area contributed by atoms with E-state index in [1.165, 1.54) is 75.6 Å². The van der Waals surface area contributed by atoms with Crippen LogP contribution < -0.4 is 0 Å². The third kappa shape index (κ3) is 9.39. The number of rotatable bonds is 8. The van der Waals surface area contributed by atoms with Crippen molar-refractivity contribution in [2.24, 2.45) is 0 Å². The Labute approximate surface area is 168 Å². The van der Waals surface area contributed by atoms with Crippen LogP contribution in [-0.4, -0.2) is 58.5 Å². The molecule has 14 heteroatoms. The molecule has 0 atom stereocenters. The average Bonchev–Trinajstić information content (AvgIpc) is 2.54. The summed E-state index contributed by atoms with van der Waals surface area (Å²) in [6.07, 6.45) is 10.1. The maximum absolute atomic E-state index is 11.4. The van der Waals surface area contributed by atoms with E-state index in [4.69, 9.17) is 0 Å². The molecule has 0 aromatic heterocycles. The van der Waals surface area contributed by atoms with Gasteiger partial charge in [-0.2, -0.15) is 26.3 Å². The predicted molar refractivity (Wildman–Crippen MR) is 96.7 cm³/mol. The summed E-state index contributed by atoms with van der Waals surface area (Å²) in [6, 6.07) is 0. The van der Waals surface area contributed by atoms with Gasteiger partial charge in [0.1, 0.15) is 0 Å². The van der Waals surface area contributed by atoms with E-state index < -0.39 is 31.1 Å². The van der Waals surface area contributed by atoms with Gasteiger partial charge in [0.15, 0.2) is 20.0 Å². The van der Waals surface area contributed by atoms with Crippen molar-refractivity contribution in [1.82, 2.24) is 0 Å². The molecule has 176 valence electrons. The van der Waals surface area contributed by atoms with Crippen LogP contribution in [0.2, 0.25) is 0 Å². The highest BCUT2D eigenvalue weighted by Crippen LogP contribution is 2.36. The Kier molecular flexibility index (Phi) is 10.9. The average molecular weight is 479 g/mol. The third-order valence-electron chi connectivity index (χ3n) is 4.48. The topological polar surface area (TPSA) is 82.4 Å². The Bertz CT molecular complexity index is 637. The molecule has 1 aliphatic rings. The standard InChI is InChI=1S/C13H28N.C2F6NO4S2/c1-3-5-7-11-14(10-4-2)12-8-6-9-13-14;3-1(4,5)14(10,11)9-15(12,13)2(6,7)8/h3-13H2,1-2H3;/q+1;-1. The minimum atomic E-state index is -6.72. The lowest BCUT2D eigenvalue weighted by Crippen LogP contribution is -2.52. The van der Waals surface area contributed by atoms with Gasteiger partial charge in [-0.05, 0) is 38.5 Å². The fraction of sp³-hybridized carbons (Fsp3) is 1.00. The van der Waals surface area contributed by atoms with Crippen LogP contribution in [0.4, 0.5) is 26.3 Å². The Morgan fingerprint density at radius 3 is 1.52 bits per heavy atom. The predicted octanol–water partition coefficient (Wildman–Crippen LogP) is 4.65. The zero-order chi connectivity index (χ0) is 23.0. The molecule has 0 N–H and O–H groups in total. The third-order valence-corrected chi connectivity index (χ3v) is 7.22. The van der Waals surface area contributed by atoms with Gasteiger partial charge in [-0.1, -0.05) is 20.3 Å². The molecule has 1 fully saturated rings. The summed E-state index contributed by atoms with van der Waals surface area (Å²) < 4.78 is 111. The van der Waals surface area contributed by atoms with Crippen molar-refractivity contribution in [3.05, 3.63) is 4.13 Å². The molecular weight excluding hydrogens is 450 g/mol. The van der Waals surface area contributed by atoms with Gasteiger partial charge in [0.05, 0.1) is 26.2 Å². The molecule has 0 unspecified atom stereocenters. The monoisotopic (exact) mass is 478 g/mol. The highest BCUT2D eigenvalue weighted by Gasteiger charge is 2.46. The fourth-order valence-electron chi connectivity index (χ4n) is 3.13. The lowest BCUT2D eigenvalue weighted by Gasteiger charge is -2.41. The molecule has 29 heavy (non-hydrogen) atoms. The van der Waals surface area contributed by atoms with Crippen LogP contribution in [0.3, 0.4) is 0 Å². The van der Waals surface area contributed by atoms with Crippen molar-refractivity contribution in [3.8, 4) is 0 Å². The Morgan fingerprint density at radius 1 is 0.724 bits per heavy atom. The first-order chi connectivity index (χ1) is 13.0. The van der Waals surface area contributed by atoms with Crippen LogP contribution in [0.5, 0.6) is 0 Å². The molecule has 0 spiro atoms. The number of alkyl halides is 6. The van der Waals surface area contributed by atoms with E-state index in [9.17, 15) is 43.2 Å². The molecule has 0 radical (unpaired) electrons. The zero-order valence-corrected chi connectivity index (χ0v) is 18.0. The minimum absolute atomic E-state index is 0.778. The number of halogens is 6. The second kappa shape index (κ2) is 11.1. The molecule has 0 aliphatic carbocycles. The number of likely N-dealkylation sites (tertiary alicyclic amines) is 1. The second-order valence-electron chi connectivity index (χ2n) is 6.92. The lowest BCUT2D eigenvalue weighted by molar-refractivity contribution is -0.932. The smallest absolute Gasteiger partial charge is 0.421 e. The first-order valence-corrected chi connectivity index (χ1v) is 12.1. The van der Waals surface area contributed by atoms with E-state index in [1.807, 2.05) is 0 Å². The molecule has 6 nitrogen and oxygen atoms in total. The number of sulfonamides is 2. The largest absolute Gasteiger partial charge is 0.480 e. The number of hydrogen-bond acceptors (Lipinski definition) is 4. The minimum Gasteiger partial charge on any atom is -0.421 e. The summed E-state index contributed by atoms with van der Waals surface area (Å²) in [5, 5.41) is 0.